The number of rotatable bonds is 7. The Hall–Kier alpha value is -1.93. The van der Waals surface area contributed by atoms with E-state index in [1.807, 2.05) is 4.72 Å². The molecule has 1 rings (SSSR count). The van der Waals surface area contributed by atoms with Crippen molar-refractivity contribution in [1.82, 2.24) is 4.72 Å². The average Bonchev–Trinajstić information content (AvgIpc) is 2.37. The maximum atomic E-state index is 11.9. The van der Waals surface area contributed by atoms with Gasteiger partial charge in [-0.25, -0.2) is 13.1 Å². The second-order valence-corrected chi connectivity index (χ2v) is 5.35. The predicted molar refractivity (Wildman–Crippen MR) is 65.4 cm³/mol. The van der Waals surface area contributed by atoms with Crippen molar-refractivity contribution in [3.8, 4) is 5.75 Å². The molecule has 7 nitrogen and oxygen atoms in total. The molecule has 0 fully saturated rings. The zero-order chi connectivity index (χ0) is 14.5. The minimum atomic E-state index is -3.94. The first-order valence-electron chi connectivity index (χ1n) is 5.22. The van der Waals surface area contributed by atoms with Gasteiger partial charge in [0, 0.05) is 0 Å². The highest BCUT2D eigenvalue weighted by atomic mass is 32.2. The average molecular weight is 287 g/mol. The van der Waals surface area contributed by atoms with Crippen molar-refractivity contribution in [3.63, 3.8) is 0 Å². The van der Waals surface area contributed by atoms with E-state index in [4.69, 9.17) is 9.84 Å². The molecule has 0 aliphatic heterocycles. The van der Waals surface area contributed by atoms with Gasteiger partial charge in [0.05, 0.1) is 24.5 Å². The van der Waals surface area contributed by atoms with E-state index in [1.54, 1.807) is 0 Å². The summed E-state index contributed by atoms with van der Waals surface area (Å²) in [6, 6.07) is 4.18. The summed E-state index contributed by atoms with van der Waals surface area (Å²) in [7, 11) is -2.50. The monoisotopic (exact) mass is 287 g/mol. The smallest absolute Gasteiger partial charge is 0.305 e. The van der Waals surface area contributed by atoms with Gasteiger partial charge in [-0.3, -0.25) is 4.79 Å². The molecule has 1 atom stereocenters. The lowest BCUT2D eigenvalue weighted by atomic mass is 10.2. The van der Waals surface area contributed by atoms with E-state index in [2.05, 4.69) is 0 Å². The second kappa shape index (κ2) is 6.30. The molecule has 1 aromatic rings. The van der Waals surface area contributed by atoms with Crippen LogP contribution in [0.2, 0.25) is 0 Å². The molecule has 0 bridgehead atoms. The van der Waals surface area contributed by atoms with E-state index < -0.39 is 28.5 Å². The van der Waals surface area contributed by atoms with E-state index in [0.717, 1.165) is 0 Å². The van der Waals surface area contributed by atoms with Crippen LogP contribution in [0, 0.1) is 0 Å². The molecule has 0 unspecified atom stereocenters. The normalized spacial score (nSPS) is 12.7. The van der Waals surface area contributed by atoms with Gasteiger partial charge < -0.3 is 14.6 Å². The van der Waals surface area contributed by atoms with Gasteiger partial charge in [0.2, 0.25) is 10.0 Å². The minimum Gasteiger partial charge on any atom is -0.497 e. The van der Waals surface area contributed by atoms with Crippen LogP contribution < -0.4 is 9.46 Å². The van der Waals surface area contributed by atoms with Gasteiger partial charge >= 0.3 is 5.97 Å². The number of aliphatic carboxylic acids is 1. The first-order chi connectivity index (χ1) is 8.89. The molecular weight excluding hydrogens is 274 g/mol. The number of carbonyl (C=O) groups is 2. The summed E-state index contributed by atoms with van der Waals surface area (Å²) in [6.07, 6.45) is -0.367. The number of carboxylic acid groups (broad SMARTS) is 1. The fourth-order valence-corrected chi connectivity index (χ4v) is 2.50. The quantitative estimate of drug-likeness (QED) is 0.684. The van der Waals surface area contributed by atoms with Crippen LogP contribution in [-0.2, 0) is 19.6 Å². The molecule has 0 saturated carbocycles. The number of aldehydes is 1. The molecule has 0 aliphatic carbocycles. The lowest BCUT2D eigenvalue weighted by molar-refractivity contribution is -0.138. The first kappa shape index (κ1) is 15.1. The summed E-state index contributed by atoms with van der Waals surface area (Å²) in [4.78, 5) is 21.0. The van der Waals surface area contributed by atoms with E-state index in [1.165, 1.54) is 31.4 Å². The first-order valence-corrected chi connectivity index (χ1v) is 6.71. The third kappa shape index (κ3) is 4.34. The van der Waals surface area contributed by atoms with Crippen LogP contribution in [0.15, 0.2) is 29.2 Å². The van der Waals surface area contributed by atoms with Crippen LogP contribution >= 0.6 is 0 Å². The highest BCUT2D eigenvalue weighted by Gasteiger charge is 2.21. The topological polar surface area (TPSA) is 110 Å². The molecule has 19 heavy (non-hydrogen) atoms. The minimum absolute atomic E-state index is 0.0782. The van der Waals surface area contributed by atoms with Gasteiger partial charge in [-0.05, 0) is 24.3 Å². The van der Waals surface area contributed by atoms with Gasteiger partial charge in [0.1, 0.15) is 12.0 Å². The van der Waals surface area contributed by atoms with Crippen molar-refractivity contribution in [2.24, 2.45) is 0 Å². The molecule has 104 valence electrons. The molecule has 2 N–H and O–H groups in total. The molecule has 1 aromatic carbocycles. The predicted octanol–water partition coefficient (Wildman–Crippen LogP) is 0.0157. The van der Waals surface area contributed by atoms with Gasteiger partial charge in [0.15, 0.2) is 0 Å². The second-order valence-electron chi connectivity index (χ2n) is 3.64. The molecule has 0 aromatic heterocycles. The van der Waals surface area contributed by atoms with Crippen LogP contribution in [0.3, 0.4) is 0 Å². The van der Waals surface area contributed by atoms with Gasteiger partial charge in [0.25, 0.3) is 0 Å². The Morgan fingerprint density at radius 1 is 1.42 bits per heavy atom. The molecule has 0 saturated heterocycles. The van der Waals surface area contributed by atoms with E-state index in [9.17, 15) is 18.0 Å². The fraction of sp³-hybridized carbons (Fsp3) is 0.273. The Kier molecular flexibility index (Phi) is 5.02. The van der Waals surface area contributed by atoms with Gasteiger partial charge in [-0.1, -0.05) is 0 Å². The lowest BCUT2D eigenvalue weighted by Gasteiger charge is -2.11. The van der Waals surface area contributed by atoms with Crippen LogP contribution in [0.4, 0.5) is 0 Å². The molecule has 0 heterocycles. The van der Waals surface area contributed by atoms with Crippen LogP contribution in [0.5, 0.6) is 5.75 Å². The number of hydrogen-bond acceptors (Lipinski definition) is 5. The van der Waals surface area contributed by atoms with Crippen molar-refractivity contribution < 1.29 is 27.9 Å². The summed E-state index contributed by atoms with van der Waals surface area (Å²) >= 11 is 0. The maximum Gasteiger partial charge on any atom is 0.305 e. The van der Waals surface area contributed by atoms with Gasteiger partial charge in [-0.2, -0.15) is 0 Å². The Bertz CT molecular complexity index is 551. The zero-order valence-corrected chi connectivity index (χ0v) is 10.9. The van der Waals surface area contributed by atoms with Crippen molar-refractivity contribution in [1.29, 1.82) is 0 Å². The number of methoxy groups -OCH3 is 1. The van der Waals surface area contributed by atoms with Crippen molar-refractivity contribution in [3.05, 3.63) is 24.3 Å². The highest BCUT2D eigenvalue weighted by Crippen LogP contribution is 2.15. The highest BCUT2D eigenvalue weighted by molar-refractivity contribution is 7.89. The summed E-state index contributed by atoms with van der Waals surface area (Å²) in [5, 5.41) is 8.54. The Morgan fingerprint density at radius 2 is 2.00 bits per heavy atom. The Morgan fingerprint density at radius 3 is 2.42 bits per heavy atom. The fourth-order valence-electron chi connectivity index (χ4n) is 1.33. The van der Waals surface area contributed by atoms with E-state index in [-0.39, 0.29) is 11.2 Å². The molecule has 0 amide bonds. The van der Waals surface area contributed by atoms with Crippen molar-refractivity contribution >= 4 is 22.3 Å². The number of ether oxygens (including phenoxy) is 1. The standard InChI is InChI=1S/C11H13NO6S/c1-18-9-2-4-10(5-3-9)19(16,17)12-8(7-13)6-11(14)15/h2-5,7-8,12H,6H2,1H3,(H,14,15)/t8-/m0/s1. The van der Waals surface area contributed by atoms with E-state index >= 15 is 0 Å². The number of benzene rings is 1. The molecular formula is C11H13NO6S. The third-order valence-electron chi connectivity index (χ3n) is 2.24. The van der Waals surface area contributed by atoms with Crippen LogP contribution in [0.1, 0.15) is 6.42 Å². The number of carbonyl (C=O) groups excluding carboxylic acids is 1. The van der Waals surface area contributed by atoms with E-state index in [0.29, 0.717) is 5.75 Å². The summed E-state index contributed by atoms with van der Waals surface area (Å²) < 4.78 is 30.7. The SMILES string of the molecule is COc1ccc(S(=O)(=O)N[C@H](C=O)CC(=O)O)cc1. The van der Waals surface area contributed by atoms with Crippen molar-refractivity contribution in [2.75, 3.05) is 7.11 Å². The Balaban J connectivity index is 2.89. The number of carboxylic acids is 1. The Labute approximate surface area is 110 Å². The van der Waals surface area contributed by atoms with Crippen LogP contribution in [0.25, 0.3) is 0 Å². The molecule has 8 heteroatoms. The summed E-state index contributed by atoms with van der Waals surface area (Å²) in [6.45, 7) is 0. The molecule has 0 spiro atoms. The lowest BCUT2D eigenvalue weighted by Crippen LogP contribution is -2.37. The summed E-state index contributed by atoms with van der Waals surface area (Å²) in [5.74, 6) is -0.786. The van der Waals surface area contributed by atoms with Gasteiger partial charge in [-0.15, -0.1) is 0 Å². The zero-order valence-electron chi connectivity index (χ0n) is 10.1. The largest absolute Gasteiger partial charge is 0.497 e. The van der Waals surface area contributed by atoms with Crippen molar-refractivity contribution in [2.45, 2.75) is 17.4 Å². The third-order valence-corrected chi connectivity index (χ3v) is 3.74. The van der Waals surface area contributed by atoms with Crippen LogP contribution in [-0.4, -0.2) is 38.9 Å². The molecule has 0 aliphatic rings. The summed E-state index contributed by atoms with van der Waals surface area (Å²) in [5.41, 5.74) is 0. The molecule has 0 radical (unpaired) electrons. The maximum absolute atomic E-state index is 11.9. The number of sulfonamides is 1. The number of hydrogen-bond donors (Lipinski definition) is 2. The number of nitrogens with one attached hydrogen (secondary N) is 1.